The van der Waals surface area contributed by atoms with Gasteiger partial charge in [-0.3, -0.25) is 0 Å². The van der Waals surface area contributed by atoms with Crippen molar-refractivity contribution in [2.75, 3.05) is 11.9 Å². The van der Waals surface area contributed by atoms with E-state index in [0.29, 0.717) is 17.4 Å². The Morgan fingerprint density at radius 3 is 2.76 bits per heavy atom. The van der Waals surface area contributed by atoms with Crippen LogP contribution in [0.1, 0.15) is 52.3 Å². The number of rotatable bonds is 5. The molecule has 0 aliphatic carbocycles. The third-order valence-corrected chi connectivity index (χ3v) is 4.05. The Labute approximate surface area is 128 Å². The zero-order chi connectivity index (χ0) is 15.6. The molecular formula is C15H20N2O3S. The summed E-state index contributed by atoms with van der Waals surface area (Å²) in [6, 6.07) is 2.07. The van der Waals surface area contributed by atoms with Crippen molar-refractivity contribution in [2.45, 2.75) is 40.7 Å². The topological polar surface area (TPSA) is 64.4 Å². The minimum atomic E-state index is -0.373. The van der Waals surface area contributed by atoms with Gasteiger partial charge >= 0.3 is 5.97 Å². The van der Waals surface area contributed by atoms with Gasteiger partial charge in [0.25, 0.3) is 0 Å². The number of furan rings is 1. The molecule has 1 unspecified atom stereocenters. The van der Waals surface area contributed by atoms with Gasteiger partial charge < -0.3 is 14.5 Å². The SMILES string of the molecule is CCOC(=O)c1nc(NC(C)c2cc(C)oc2C)sc1C. The Morgan fingerprint density at radius 1 is 1.48 bits per heavy atom. The van der Waals surface area contributed by atoms with Gasteiger partial charge in [-0.2, -0.15) is 0 Å². The number of carbonyl (C=O) groups excluding carboxylic acids is 1. The molecule has 2 aromatic rings. The molecular weight excluding hydrogens is 288 g/mol. The zero-order valence-corrected chi connectivity index (χ0v) is 13.8. The van der Waals surface area contributed by atoms with E-state index in [1.165, 1.54) is 11.3 Å². The van der Waals surface area contributed by atoms with Crippen LogP contribution >= 0.6 is 11.3 Å². The van der Waals surface area contributed by atoms with Crippen LogP contribution in [0.3, 0.4) is 0 Å². The summed E-state index contributed by atoms with van der Waals surface area (Å²) in [5.74, 6) is 1.41. The Hall–Kier alpha value is -1.82. The predicted molar refractivity (Wildman–Crippen MR) is 83.0 cm³/mol. The quantitative estimate of drug-likeness (QED) is 0.845. The van der Waals surface area contributed by atoms with Crippen molar-refractivity contribution in [3.05, 3.63) is 33.7 Å². The van der Waals surface area contributed by atoms with E-state index < -0.39 is 0 Å². The van der Waals surface area contributed by atoms with Crippen molar-refractivity contribution >= 4 is 22.4 Å². The fourth-order valence-corrected chi connectivity index (χ4v) is 3.08. The number of aryl methyl sites for hydroxylation is 3. The van der Waals surface area contributed by atoms with Crippen LogP contribution in [0, 0.1) is 20.8 Å². The van der Waals surface area contributed by atoms with Gasteiger partial charge in [0.2, 0.25) is 0 Å². The number of aromatic nitrogens is 1. The van der Waals surface area contributed by atoms with Gasteiger partial charge in [0.1, 0.15) is 11.5 Å². The molecule has 0 spiro atoms. The van der Waals surface area contributed by atoms with E-state index in [1.807, 2.05) is 33.8 Å². The molecule has 0 radical (unpaired) electrons. The van der Waals surface area contributed by atoms with E-state index in [1.54, 1.807) is 6.92 Å². The van der Waals surface area contributed by atoms with Crippen LogP contribution in [-0.2, 0) is 4.74 Å². The van der Waals surface area contributed by atoms with Crippen molar-refractivity contribution in [3.63, 3.8) is 0 Å². The lowest BCUT2D eigenvalue weighted by Crippen LogP contribution is -2.09. The molecule has 2 heterocycles. The van der Waals surface area contributed by atoms with Crippen LogP contribution in [-0.4, -0.2) is 17.6 Å². The van der Waals surface area contributed by atoms with Crippen molar-refractivity contribution < 1.29 is 13.9 Å². The summed E-state index contributed by atoms with van der Waals surface area (Å²) in [6.45, 7) is 9.91. The first-order valence-corrected chi connectivity index (χ1v) is 7.72. The second kappa shape index (κ2) is 6.30. The normalized spacial score (nSPS) is 12.2. The molecule has 114 valence electrons. The summed E-state index contributed by atoms with van der Waals surface area (Å²) >= 11 is 1.45. The second-order valence-corrected chi connectivity index (χ2v) is 6.08. The highest BCUT2D eigenvalue weighted by Crippen LogP contribution is 2.28. The maximum absolute atomic E-state index is 11.8. The first-order chi connectivity index (χ1) is 9.92. The highest BCUT2D eigenvalue weighted by atomic mass is 32.1. The van der Waals surface area contributed by atoms with Gasteiger partial charge in [0.05, 0.1) is 12.6 Å². The smallest absolute Gasteiger partial charge is 0.358 e. The monoisotopic (exact) mass is 308 g/mol. The molecule has 1 N–H and O–H groups in total. The van der Waals surface area contributed by atoms with Crippen LogP contribution in [0.2, 0.25) is 0 Å². The molecule has 0 aliphatic rings. The Morgan fingerprint density at radius 2 is 2.19 bits per heavy atom. The standard InChI is InChI=1S/C15H20N2O3S/c1-6-19-14(18)13-11(5)21-15(17-13)16-9(3)12-7-8(2)20-10(12)4/h7,9H,6H2,1-5H3,(H,16,17). The molecule has 1 atom stereocenters. The number of ether oxygens (including phenoxy) is 1. The molecule has 0 aliphatic heterocycles. The maximum Gasteiger partial charge on any atom is 0.358 e. The average Bonchev–Trinajstić information content (AvgIpc) is 2.92. The van der Waals surface area contributed by atoms with Crippen LogP contribution in [0.25, 0.3) is 0 Å². The van der Waals surface area contributed by atoms with Crippen LogP contribution < -0.4 is 5.32 Å². The van der Waals surface area contributed by atoms with E-state index in [2.05, 4.69) is 10.3 Å². The summed E-state index contributed by atoms with van der Waals surface area (Å²) in [4.78, 5) is 17.0. The van der Waals surface area contributed by atoms with Gasteiger partial charge in [-0.15, -0.1) is 11.3 Å². The minimum absolute atomic E-state index is 0.0584. The number of anilines is 1. The van der Waals surface area contributed by atoms with E-state index >= 15 is 0 Å². The summed E-state index contributed by atoms with van der Waals surface area (Å²) in [5.41, 5.74) is 1.48. The number of nitrogens with one attached hydrogen (secondary N) is 1. The van der Waals surface area contributed by atoms with Crippen LogP contribution in [0.5, 0.6) is 0 Å². The molecule has 0 aromatic carbocycles. The van der Waals surface area contributed by atoms with E-state index in [4.69, 9.17) is 9.15 Å². The number of nitrogens with zero attached hydrogens (tertiary/aromatic N) is 1. The van der Waals surface area contributed by atoms with Gasteiger partial charge in [0, 0.05) is 10.4 Å². The predicted octanol–water partition coefficient (Wildman–Crippen LogP) is 4.01. The molecule has 21 heavy (non-hydrogen) atoms. The van der Waals surface area contributed by atoms with Crippen molar-refractivity contribution in [2.24, 2.45) is 0 Å². The minimum Gasteiger partial charge on any atom is -0.466 e. The Balaban J connectivity index is 2.15. The molecule has 0 saturated carbocycles. The molecule has 0 saturated heterocycles. The molecule has 0 amide bonds. The number of esters is 1. The number of thiazole rings is 1. The van der Waals surface area contributed by atoms with E-state index in [9.17, 15) is 4.79 Å². The summed E-state index contributed by atoms with van der Waals surface area (Å²) in [7, 11) is 0. The molecule has 5 nitrogen and oxygen atoms in total. The summed E-state index contributed by atoms with van der Waals surface area (Å²) < 4.78 is 10.5. The molecule has 2 aromatic heterocycles. The fraction of sp³-hybridized carbons (Fsp3) is 0.467. The number of carbonyl (C=O) groups is 1. The Bertz CT molecular complexity index is 645. The highest BCUT2D eigenvalue weighted by Gasteiger charge is 2.19. The maximum atomic E-state index is 11.8. The van der Waals surface area contributed by atoms with Crippen molar-refractivity contribution in [1.29, 1.82) is 0 Å². The van der Waals surface area contributed by atoms with Gasteiger partial charge in [-0.1, -0.05) is 0 Å². The molecule has 0 bridgehead atoms. The third kappa shape index (κ3) is 3.44. The van der Waals surface area contributed by atoms with Crippen molar-refractivity contribution in [3.8, 4) is 0 Å². The lowest BCUT2D eigenvalue weighted by Gasteiger charge is -2.11. The largest absolute Gasteiger partial charge is 0.466 e. The lowest BCUT2D eigenvalue weighted by molar-refractivity contribution is 0.0519. The summed E-state index contributed by atoms with van der Waals surface area (Å²) in [6.07, 6.45) is 0. The van der Waals surface area contributed by atoms with Gasteiger partial charge in [-0.05, 0) is 40.7 Å². The summed E-state index contributed by atoms with van der Waals surface area (Å²) in [5, 5.41) is 4.02. The van der Waals surface area contributed by atoms with Crippen LogP contribution in [0.4, 0.5) is 5.13 Å². The van der Waals surface area contributed by atoms with E-state index in [-0.39, 0.29) is 12.0 Å². The second-order valence-electron chi connectivity index (χ2n) is 4.88. The molecule has 2 rings (SSSR count). The third-order valence-electron chi connectivity index (χ3n) is 3.15. The van der Waals surface area contributed by atoms with Crippen LogP contribution in [0.15, 0.2) is 10.5 Å². The average molecular weight is 308 g/mol. The first-order valence-electron chi connectivity index (χ1n) is 6.90. The lowest BCUT2D eigenvalue weighted by atomic mass is 10.1. The number of hydrogen-bond donors (Lipinski definition) is 1. The molecule has 6 heteroatoms. The Kier molecular flexibility index (Phi) is 4.67. The van der Waals surface area contributed by atoms with E-state index in [0.717, 1.165) is 22.0 Å². The highest BCUT2D eigenvalue weighted by molar-refractivity contribution is 7.15. The zero-order valence-electron chi connectivity index (χ0n) is 12.9. The fourth-order valence-electron chi connectivity index (χ4n) is 2.19. The first kappa shape index (κ1) is 15.6. The van der Waals surface area contributed by atoms with Crippen molar-refractivity contribution in [1.82, 2.24) is 4.98 Å². The number of hydrogen-bond acceptors (Lipinski definition) is 6. The van der Waals surface area contributed by atoms with Gasteiger partial charge in [0.15, 0.2) is 10.8 Å². The molecule has 0 fully saturated rings. The van der Waals surface area contributed by atoms with Gasteiger partial charge in [-0.25, -0.2) is 9.78 Å².